The first-order valence-corrected chi connectivity index (χ1v) is 9.60. The molecular weight excluding hydrogens is 318 g/mol. The van der Waals surface area contributed by atoms with Crippen molar-refractivity contribution < 1.29 is 9.47 Å². The predicted molar refractivity (Wildman–Crippen MR) is 100 cm³/mol. The molecule has 0 saturated carbocycles. The number of methoxy groups -OCH3 is 2. The van der Waals surface area contributed by atoms with E-state index in [9.17, 15) is 0 Å². The number of hydrogen-bond acceptors (Lipinski definition) is 4. The summed E-state index contributed by atoms with van der Waals surface area (Å²) in [5.74, 6) is 1.68. The van der Waals surface area contributed by atoms with Crippen molar-refractivity contribution in [3.8, 4) is 11.5 Å². The van der Waals surface area contributed by atoms with Crippen LogP contribution < -0.4 is 9.47 Å². The van der Waals surface area contributed by atoms with Crippen LogP contribution in [0, 0.1) is 6.92 Å². The summed E-state index contributed by atoms with van der Waals surface area (Å²) in [6.07, 6.45) is 5.15. The molecule has 1 fully saturated rings. The second kappa shape index (κ2) is 8.04. The highest BCUT2D eigenvalue weighted by molar-refractivity contribution is 7.10. The number of rotatable bonds is 5. The SMILES string of the molecule is COc1cccc(CN2CCCCC[C@@H]2c2sccc2C)c1OC. The highest BCUT2D eigenvalue weighted by Gasteiger charge is 2.26. The van der Waals surface area contributed by atoms with Gasteiger partial charge in [-0.05, 0) is 49.4 Å². The van der Waals surface area contributed by atoms with Crippen LogP contribution in [0.4, 0.5) is 0 Å². The molecule has 4 heteroatoms. The highest BCUT2D eigenvalue weighted by Crippen LogP contribution is 2.38. The average Bonchev–Trinajstić information content (AvgIpc) is 2.89. The van der Waals surface area contributed by atoms with Crippen LogP contribution in [0.15, 0.2) is 29.6 Å². The van der Waals surface area contributed by atoms with Crippen LogP contribution in [0.2, 0.25) is 0 Å². The summed E-state index contributed by atoms with van der Waals surface area (Å²) in [5.41, 5.74) is 2.63. The summed E-state index contributed by atoms with van der Waals surface area (Å²) in [4.78, 5) is 4.15. The van der Waals surface area contributed by atoms with Crippen molar-refractivity contribution in [1.82, 2.24) is 4.90 Å². The van der Waals surface area contributed by atoms with Crippen molar-refractivity contribution in [1.29, 1.82) is 0 Å². The molecule has 1 aliphatic rings. The molecule has 2 heterocycles. The standard InChI is InChI=1S/C20H27NO2S/c1-15-11-13-24-20(15)17-9-5-4-6-12-21(17)14-16-8-7-10-18(22-2)19(16)23-3/h7-8,10-11,13,17H,4-6,9,12,14H2,1-3H3/t17-/m1/s1. The lowest BCUT2D eigenvalue weighted by atomic mass is 10.0. The summed E-state index contributed by atoms with van der Waals surface area (Å²) in [6, 6.07) is 8.94. The van der Waals surface area contributed by atoms with Gasteiger partial charge in [-0.3, -0.25) is 4.90 Å². The van der Waals surface area contributed by atoms with Gasteiger partial charge >= 0.3 is 0 Å². The van der Waals surface area contributed by atoms with Gasteiger partial charge in [-0.15, -0.1) is 11.3 Å². The molecule has 0 radical (unpaired) electrons. The van der Waals surface area contributed by atoms with Gasteiger partial charge in [0.2, 0.25) is 0 Å². The first kappa shape index (κ1) is 17.3. The maximum absolute atomic E-state index is 5.64. The first-order valence-electron chi connectivity index (χ1n) is 8.72. The van der Waals surface area contributed by atoms with Gasteiger partial charge in [0.25, 0.3) is 0 Å². The molecule has 0 aliphatic carbocycles. The summed E-state index contributed by atoms with van der Waals surface area (Å²) in [7, 11) is 3.43. The van der Waals surface area contributed by atoms with E-state index >= 15 is 0 Å². The van der Waals surface area contributed by atoms with Gasteiger partial charge in [-0.2, -0.15) is 0 Å². The zero-order chi connectivity index (χ0) is 16.9. The Kier molecular flexibility index (Phi) is 5.80. The van der Waals surface area contributed by atoms with E-state index in [0.717, 1.165) is 24.6 Å². The summed E-state index contributed by atoms with van der Waals surface area (Å²) in [6.45, 7) is 4.28. The third kappa shape index (κ3) is 3.60. The molecule has 0 amide bonds. The van der Waals surface area contributed by atoms with Gasteiger partial charge in [0, 0.05) is 23.0 Å². The number of aryl methyl sites for hydroxylation is 1. The maximum Gasteiger partial charge on any atom is 0.165 e. The number of likely N-dealkylation sites (tertiary alicyclic amines) is 1. The zero-order valence-electron chi connectivity index (χ0n) is 14.9. The lowest BCUT2D eigenvalue weighted by molar-refractivity contribution is 0.192. The number of nitrogens with zero attached hydrogens (tertiary/aromatic N) is 1. The molecule has 0 spiro atoms. The Hall–Kier alpha value is -1.52. The number of benzene rings is 1. The largest absolute Gasteiger partial charge is 0.493 e. The molecule has 1 saturated heterocycles. The van der Waals surface area contributed by atoms with Crippen molar-refractivity contribution in [2.45, 2.75) is 45.2 Å². The van der Waals surface area contributed by atoms with Crippen LogP contribution in [0.1, 0.15) is 47.7 Å². The van der Waals surface area contributed by atoms with Gasteiger partial charge in [-0.25, -0.2) is 0 Å². The third-order valence-corrected chi connectivity index (χ3v) is 6.05. The number of hydrogen-bond donors (Lipinski definition) is 0. The fraction of sp³-hybridized carbons (Fsp3) is 0.500. The van der Waals surface area contributed by atoms with Crippen molar-refractivity contribution >= 4 is 11.3 Å². The topological polar surface area (TPSA) is 21.7 Å². The molecule has 1 atom stereocenters. The normalized spacial score (nSPS) is 19.0. The summed E-state index contributed by atoms with van der Waals surface area (Å²) in [5, 5.41) is 2.22. The lowest BCUT2D eigenvalue weighted by Crippen LogP contribution is -2.28. The fourth-order valence-electron chi connectivity index (χ4n) is 3.68. The molecule has 130 valence electrons. The van der Waals surface area contributed by atoms with Crippen LogP contribution in [0.5, 0.6) is 11.5 Å². The van der Waals surface area contributed by atoms with Crippen molar-refractivity contribution in [3.63, 3.8) is 0 Å². The Labute approximate surface area is 149 Å². The third-order valence-electron chi connectivity index (χ3n) is 4.93. The van der Waals surface area contributed by atoms with Crippen LogP contribution in [-0.4, -0.2) is 25.7 Å². The smallest absolute Gasteiger partial charge is 0.165 e. The Morgan fingerprint density at radius 2 is 2.00 bits per heavy atom. The van der Waals surface area contributed by atoms with Gasteiger partial charge < -0.3 is 9.47 Å². The van der Waals surface area contributed by atoms with Crippen LogP contribution in [0.25, 0.3) is 0 Å². The molecule has 3 rings (SSSR count). The molecule has 0 unspecified atom stereocenters. The number of ether oxygens (including phenoxy) is 2. The summed E-state index contributed by atoms with van der Waals surface area (Å²) >= 11 is 1.90. The van der Waals surface area contributed by atoms with Crippen LogP contribution >= 0.6 is 11.3 Å². The second-order valence-electron chi connectivity index (χ2n) is 6.46. The number of para-hydroxylation sites is 1. The highest BCUT2D eigenvalue weighted by atomic mass is 32.1. The quantitative estimate of drug-likeness (QED) is 0.744. The Morgan fingerprint density at radius 1 is 1.12 bits per heavy atom. The predicted octanol–water partition coefficient (Wildman–Crippen LogP) is 5.19. The van der Waals surface area contributed by atoms with E-state index in [-0.39, 0.29) is 0 Å². The minimum Gasteiger partial charge on any atom is -0.493 e. The van der Waals surface area contributed by atoms with E-state index < -0.39 is 0 Å². The minimum absolute atomic E-state index is 0.517. The molecule has 1 aliphatic heterocycles. The van der Waals surface area contributed by atoms with Gasteiger partial charge in [0.1, 0.15) is 0 Å². The lowest BCUT2D eigenvalue weighted by Gasteiger charge is -2.30. The van der Waals surface area contributed by atoms with E-state index in [1.807, 2.05) is 17.4 Å². The van der Waals surface area contributed by atoms with Crippen molar-refractivity contribution in [2.24, 2.45) is 0 Å². The van der Waals surface area contributed by atoms with Gasteiger partial charge in [0.05, 0.1) is 14.2 Å². The molecule has 1 aromatic heterocycles. The van der Waals surface area contributed by atoms with E-state index in [0.29, 0.717) is 6.04 Å². The van der Waals surface area contributed by atoms with Crippen molar-refractivity contribution in [3.05, 3.63) is 45.6 Å². The zero-order valence-corrected chi connectivity index (χ0v) is 15.7. The molecule has 1 aromatic carbocycles. The molecule has 24 heavy (non-hydrogen) atoms. The van der Waals surface area contributed by atoms with Gasteiger partial charge in [-0.1, -0.05) is 25.0 Å². The van der Waals surface area contributed by atoms with E-state index in [1.165, 1.54) is 41.7 Å². The summed E-state index contributed by atoms with van der Waals surface area (Å²) < 4.78 is 11.1. The Morgan fingerprint density at radius 3 is 2.71 bits per heavy atom. The molecule has 2 aromatic rings. The average molecular weight is 346 g/mol. The minimum atomic E-state index is 0.517. The van der Waals surface area contributed by atoms with E-state index in [1.54, 1.807) is 14.2 Å². The molecule has 3 nitrogen and oxygen atoms in total. The van der Waals surface area contributed by atoms with Crippen LogP contribution in [-0.2, 0) is 6.54 Å². The van der Waals surface area contributed by atoms with Crippen molar-refractivity contribution in [2.75, 3.05) is 20.8 Å². The molecular formula is C20H27NO2S. The van der Waals surface area contributed by atoms with E-state index in [4.69, 9.17) is 9.47 Å². The number of thiophene rings is 1. The fourth-order valence-corrected chi connectivity index (χ4v) is 4.77. The molecule has 0 N–H and O–H groups in total. The first-order chi connectivity index (χ1) is 11.7. The monoisotopic (exact) mass is 345 g/mol. The van der Waals surface area contributed by atoms with E-state index in [2.05, 4.69) is 35.4 Å². The second-order valence-corrected chi connectivity index (χ2v) is 7.40. The molecule has 0 bridgehead atoms. The Balaban J connectivity index is 1.90. The maximum atomic E-state index is 5.64. The Bertz CT molecular complexity index is 667. The van der Waals surface area contributed by atoms with Crippen LogP contribution in [0.3, 0.4) is 0 Å². The van der Waals surface area contributed by atoms with Gasteiger partial charge in [0.15, 0.2) is 11.5 Å².